The van der Waals surface area contributed by atoms with Crippen molar-refractivity contribution in [1.29, 1.82) is 0 Å². The van der Waals surface area contributed by atoms with E-state index in [0.29, 0.717) is 10.8 Å². The lowest BCUT2D eigenvalue weighted by atomic mass is 9.87. The molecule has 0 radical (unpaired) electrons. The second-order valence-electron chi connectivity index (χ2n) is 14.7. The maximum absolute atomic E-state index is 13.3. The third-order valence-corrected chi connectivity index (χ3v) is 11.3. The molecular weight excluding hydrogens is 739 g/mol. The molecular formula is C52H30F6. The van der Waals surface area contributed by atoms with Crippen LogP contribution in [0.4, 0.5) is 26.3 Å². The number of halogens is 6. The third kappa shape index (κ3) is 6.22. The second kappa shape index (κ2) is 13.3. The Morgan fingerprint density at radius 1 is 0.241 bits per heavy atom. The van der Waals surface area contributed by atoms with Crippen LogP contribution in [0, 0.1) is 0 Å². The van der Waals surface area contributed by atoms with Crippen LogP contribution in [0.5, 0.6) is 0 Å². The van der Waals surface area contributed by atoms with Gasteiger partial charge in [0.25, 0.3) is 0 Å². The molecule has 0 saturated heterocycles. The maximum Gasteiger partial charge on any atom is 0.416 e. The van der Waals surface area contributed by atoms with Gasteiger partial charge in [-0.2, -0.15) is 26.3 Å². The smallest absolute Gasteiger partial charge is 0.166 e. The van der Waals surface area contributed by atoms with Gasteiger partial charge in [-0.25, -0.2) is 0 Å². The minimum atomic E-state index is -4.39. The van der Waals surface area contributed by atoms with Crippen LogP contribution in [0.15, 0.2) is 182 Å². The Hall–Kier alpha value is -6.92. The molecule has 6 heteroatoms. The van der Waals surface area contributed by atoms with Crippen molar-refractivity contribution >= 4 is 53.9 Å². The highest BCUT2D eigenvalue weighted by Crippen LogP contribution is 2.43. The Kier molecular flexibility index (Phi) is 8.17. The number of rotatable bonds is 4. The lowest BCUT2D eigenvalue weighted by Gasteiger charge is -2.16. The summed E-state index contributed by atoms with van der Waals surface area (Å²) < 4.78 is 79.7. The molecule has 58 heavy (non-hydrogen) atoms. The summed E-state index contributed by atoms with van der Waals surface area (Å²) in [6, 6.07) is 56.8. The predicted octanol–water partition coefficient (Wildman–Crippen LogP) is 16.2. The van der Waals surface area contributed by atoms with Crippen molar-refractivity contribution in [2.24, 2.45) is 0 Å². The Morgan fingerprint density at radius 3 is 0.931 bits per heavy atom. The topological polar surface area (TPSA) is 0 Å². The van der Waals surface area contributed by atoms with Crippen LogP contribution < -0.4 is 0 Å². The fraction of sp³-hybridized carbons (Fsp3) is 0.0385. The van der Waals surface area contributed by atoms with Gasteiger partial charge in [0.15, 0.2) is 0 Å². The van der Waals surface area contributed by atoms with E-state index in [9.17, 15) is 26.3 Å². The largest absolute Gasteiger partial charge is 0.416 e. The lowest BCUT2D eigenvalue weighted by Crippen LogP contribution is -2.04. The van der Waals surface area contributed by atoms with Gasteiger partial charge in [0.2, 0.25) is 0 Å². The molecule has 0 aromatic heterocycles. The summed E-state index contributed by atoms with van der Waals surface area (Å²) in [5.74, 6) is 0. The van der Waals surface area contributed by atoms with E-state index in [2.05, 4.69) is 97.1 Å². The molecule has 280 valence electrons. The molecule has 10 aromatic rings. The Morgan fingerprint density at radius 2 is 0.552 bits per heavy atom. The molecule has 0 aliphatic rings. The van der Waals surface area contributed by atoms with Crippen molar-refractivity contribution < 1.29 is 26.3 Å². The van der Waals surface area contributed by atoms with E-state index in [1.807, 2.05) is 36.4 Å². The van der Waals surface area contributed by atoms with Gasteiger partial charge in [0, 0.05) is 0 Å². The van der Waals surface area contributed by atoms with Crippen LogP contribution in [-0.4, -0.2) is 0 Å². The van der Waals surface area contributed by atoms with E-state index in [1.54, 1.807) is 12.1 Å². The second-order valence-corrected chi connectivity index (χ2v) is 14.7. The van der Waals surface area contributed by atoms with Gasteiger partial charge in [-0.05, 0) is 147 Å². The molecule has 0 aliphatic heterocycles. The first-order chi connectivity index (χ1) is 28.0. The van der Waals surface area contributed by atoms with Crippen LogP contribution in [-0.2, 0) is 12.4 Å². The normalized spacial score (nSPS) is 12.3. The molecule has 0 amide bonds. The molecule has 0 N–H and O–H groups in total. The molecule has 10 aromatic carbocycles. The molecule has 0 atom stereocenters. The zero-order chi connectivity index (χ0) is 39.8. The molecule has 0 aliphatic carbocycles. The number of benzene rings is 10. The van der Waals surface area contributed by atoms with Crippen LogP contribution >= 0.6 is 0 Å². The van der Waals surface area contributed by atoms with E-state index in [1.165, 1.54) is 24.3 Å². The Balaban J connectivity index is 1.03. The van der Waals surface area contributed by atoms with Crippen molar-refractivity contribution in [1.82, 2.24) is 0 Å². The number of fused-ring (bicyclic) bond motifs is 7. The van der Waals surface area contributed by atoms with Crippen molar-refractivity contribution in [3.8, 4) is 44.5 Å². The van der Waals surface area contributed by atoms with E-state index in [-0.39, 0.29) is 0 Å². The predicted molar refractivity (Wildman–Crippen MR) is 226 cm³/mol. The molecule has 0 heterocycles. The lowest BCUT2D eigenvalue weighted by molar-refractivity contribution is -0.138. The van der Waals surface area contributed by atoms with Crippen molar-refractivity contribution in [3.05, 3.63) is 193 Å². The van der Waals surface area contributed by atoms with Gasteiger partial charge in [0.1, 0.15) is 0 Å². The number of hydrogen-bond acceptors (Lipinski definition) is 0. The van der Waals surface area contributed by atoms with Crippen LogP contribution in [0.3, 0.4) is 0 Å². The molecule has 0 saturated carbocycles. The summed E-state index contributed by atoms with van der Waals surface area (Å²) in [7, 11) is 0. The average Bonchev–Trinajstić information content (AvgIpc) is 3.24. The zero-order valence-corrected chi connectivity index (χ0v) is 30.6. The summed E-state index contributed by atoms with van der Waals surface area (Å²) in [5, 5.41) is 9.32. The summed E-state index contributed by atoms with van der Waals surface area (Å²) >= 11 is 0. The van der Waals surface area contributed by atoms with Gasteiger partial charge >= 0.3 is 12.4 Å². The van der Waals surface area contributed by atoms with Crippen LogP contribution in [0.25, 0.3) is 98.4 Å². The molecule has 10 rings (SSSR count). The standard InChI is InChI=1S/C52H30F6/c53-51(54,55)41-23-21-37-25-35(17-19-39(37)27-41)31-9-13-33(14-10-31)47-29-50-46-8-4-2-6-44(46)48(30-49(50)45-7-3-1-5-43(45)47)34-15-11-32(12-16-34)36-18-20-40-28-42(52(56,57)58)24-22-38(40)26-36/h1-30H. The van der Waals surface area contributed by atoms with E-state index >= 15 is 0 Å². The minimum Gasteiger partial charge on any atom is -0.166 e. The monoisotopic (exact) mass is 768 g/mol. The van der Waals surface area contributed by atoms with Crippen molar-refractivity contribution in [2.75, 3.05) is 0 Å². The van der Waals surface area contributed by atoms with Gasteiger partial charge in [-0.1, -0.05) is 133 Å². The SMILES string of the molecule is FC(F)(F)c1ccc2cc(-c3ccc(-c4cc5c6ccccc6c(-c6ccc(-c7ccc8cc(C(F)(F)F)ccc8c7)cc6)cc5c5ccccc45)cc3)ccc2c1. The van der Waals surface area contributed by atoms with Gasteiger partial charge in [-0.15, -0.1) is 0 Å². The van der Waals surface area contributed by atoms with E-state index in [4.69, 9.17) is 0 Å². The quantitative estimate of drug-likeness (QED) is 0.124. The third-order valence-electron chi connectivity index (χ3n) is 11.3. The highest BCUT2D eigenvalue weighted by atomic mass is 19.4. The maximum atomic E-state index is 13.3. The fourth-order valence-corrected chi connectivity index (χ4v) is 8.32. The van der Waals surface area contributed by atoms with E-state index in [0.717, 1.165) is 99.7 Å². The first-order valence-corrected chi connectivity index (χ1v) is 18.8. The summed E-state index contributed by atoms with van der Waals surface area (Å²) in [4.78, 5) is 0. The van der Waals surface area contributed by atoms with Gasteiger partial charge in [-0.3, -0.25) is 0 Å². The summed E-state index contributed by atoms with van der Waals surface area (Å²) in [5.41, 5.74) is 6.77. The number of alkyl halides is 6. The number of hydrogen-bond donors (Lipinski definition) is 0. The molecule has 0 bridgehead atoms. The highest BCUT2D eigenvalue weighted by Gasteiger charge is 2.31. The van der Waals surface area contributed by atoms with Gasteiger partial charge in [0.05, 0.1) is 11.1 Å². The molecule has 0 fully saturated rings. The average molecular weight is 769 g/mol. The summed E-state index contributed by atoms with van der Waals surface area (Å²) in [6.45, 7) is 0. The Bertz CT molecular complexity index is 3010. The first-order valence-electron chi connectivity index (χ1n) is 18.8. The zero-order valence-electron chi connectivity index (χ0n) is 30.6. The van der Waals surface area contributed by atoms with E-state index < -0.39 is 23.5 Å². The van der Waals surface area contributed by atoms with Crippen LogP contribution in [0.1, 0.15) is 11.1 Å². The Labute approximate surface area is 329 Å². The highest BCUT2D eigenvalue weighted by molar-refractivity contribution is 6.23. The molecule has 0 spiro atoms. The molecule has 0 unspecified atom stereocenters. The minimum absolute atomic E-state index is 0.544. The fourth-order valence-electron chi connectivity index (χ4n) is 8.32. The van der Waals surface area contributed by atoms with Crippen LogP contribution in [0.2, 0.25) is 0 Å². The van der Waals surface area contributed by atoms with Gasteiger partial charge < -0.3 is 0 Å². The summed E-state index contributed by atoms with van der Waals surface area (Å²) in [6.07, 6.45) is -8.78. The molecule has 0 nitrogen and oxygen atoms in total. The first kappa shape index (κ1) is 35.5. The van der Waals surface area contributed by atoms with Crippen molar-refractivity contribution in [2.45, 2.75) is 12.4 Å². The van der Waals surface area contributed by atoms with Crippen molar-refractivity contribution in [3.63, 3.8) is 0 Å².